The van der Waals surface area contributed by atoms with Crippen molar-refractivity contribution >= 4 is 11.0 Å². The van der Waals surface area contributed by atoms with Crippen LogP contribution >= 0.6 is 0 Å². The summed E-state index contributed by atoms with van der Waals surface area (Å²) in [6.45, 7) is 0. The predicted molar refractivity (Wildman–Crippen MR) is 91.5 cm³/mol. The fourth-order valence-corrected chi connectivity index (χ4v) is 2.93. The molecule has 25 heavy (non-hydrogen) atoms. The molecule has 0 aliphatic carbocycles. The summed E-state index contributed by atoms with van der Waals surface area (Å²) < 4.78 is 41.7. The highest BCUT2D eigenvalue weighted by molar-refractivity contribution is 5.94. The van der Waals surface area contributed by atoms with Crippen LogP contribution in [0.3, 0.4) is 0 Å². The Kier molecular flexibility index (Phi) is 3.57. The lowest BCUT2D eigenvalue weighted by molar-refractivity contribution is -0.137. The number of halogens is 3. The molecule has 0 aliphatic rings. The molecule has 4 aromatic rings. The highest BCUT2D eigenvalue weighted by Gasteiger charge is 2.32. The Morgan fingerprint density at radius 3 is 2.08 bits per heavy atom. The Hall–Kier alpha value is -3.08. The molecular weight excluding hydrogens is 325 g/mol. The summed E-state index contributed by atoms with van der Waals surface area (Å²) in [6, 6.07) is 20.8. The number of para-hydroxylation sites is 1. The fraction of sp³-hybridized carbons (Fsp3) is 0.0500. The van der Waals surface area contributed by atoms with Crippen LogP contribution < -0.4 is 0 Å². The topological polar surface area (TPSA) is 17.8 Å². The standard InChI is InChI=1S/C20H13F3N2/c21-20(22,23)15-11-17(14-7-3-1-4-8-14)19-18(12-15)24-13-25(19)16-9-5-2-6-10-16/h1-13H. The van der Waals surface area contributed by atoms with Crippen LogP contribution in [0.15, 0.2) is 79.1 Å². The quantitative estimate of drug-likeness (QED) is 0.458. The molecule has 1 aromatic heterocycles. The van der Waals surface area contributed by atoms with Gasteiger partial charge in [0.05, 0.1) is 16.6 Å². The van der Waals surface area contributed by atoms with Crippen LogP contribution in [0, 0.1) is 0 Å². The first-order valence-electron chi connectivity index (χ1n) is 7.73. The van der Waals surface area contributed by atoms with E-state index in [1.165, 1.54) is 6.07 Å². The third-order valence-corrected chi connectivity index (χ3v) is 4.09. The van der Waals surface area contributed by atoms with E-state index in [1.807, 2.05) is 53.1 Å². The number of fused-ring (bicyclic) bond motifs is 1. The molecule has 0 atom stereocenters. The van der Waals surface area contributed by atoms with E-state index in [4.69, 9.17) is 0 Å². The van der Waals surface area contributed by atoms with Crippen molar-refractivity contribution in [3.8, 4) is 16.8 Å². The van der Waals surface area contributed by atoms with E-state index in [1.54, 1.807) is 18.5 Å². The smallest absolute Gasteiger partial charge is 0.298 e. The molecule has 4 rings (SSSR count). The monoisotopic (exact) mass is 338 g/mol. The number of nitrogens with zero attached hydrogens (tertiary/aromatic N) is 2. The molecule has 5 heteroatoms. The average Bonchev–Trinajstić information content (AvgIpc) is 3.06. The van der Waals surface area contributed by atoms with E-state index in [-0.39, 0.29) is 0 Å². The van der Waals surface area contributed by atoms with Gasteiger partial charge in [-0.05, 0) is 29.8 Å². The van der Waals surface area contributed by atoms with Crippen LogP contribution in [0.5, 0.6) is 0 Å². The second-order valence-electron chi connectivity index (χ2n) is 5.71. The van der Waals surface area contributed by atoms with Crippen molar-refractivity contribution in [1.82, 2.24) is 9.55 Å². The maximum absolute atomic E-state index is 13.3. The molecule has 0 fully saturated rings. The normalized spacial score (nSPS) is 11.8. The summed E-state index contributed by atoms with van der Waals surface area (Å²) in [7, 11) is 0. The van der Waals surface area contributed by atoms with Gasteiger partial charge in [-0.3, -0.25) is 4.57 Å². The third kappa shape index (κ3) is 2.78. The Morgan fingerprint density at radius 1 is 0.800 bits per heavy atom. The van der Waals surface area contributed by atoms with Gasteiger partial charge in [0.2, 0.25) is 0 Å². The van der Waals surface area contributed by atoms with E-state index < -0.39 is 11.7 Å². The van der Waals surface area contributed by atoms with Gasteiger partial charge in [0.25, 0.3) is 0 Å². The molecule has 0 aliphatic heterocycles. The van der Waals surface area contributed by atoms with Crippen molar-refractivity contribution in [2.45, 2.75) is 6.18 Å². The SMILES string of the molecule is FC(F)(F)c1cc(-c2ccccc2)c2c(c1)ncn2-c1ccccc1. The minimum atomic E-state index is -4.42. The zero-order valence-electron chi connectivity index (χ0n) is 13.0. The number of hydrogen-bond donors (Lipinski definition) is 0. The summed E-state index contributed by atoms with van der Waals surface area (Å²) in [4.78, 5) is 4.22. The van der Waals surface area contributed by atoms with Crippen molar-refractivity contribution in [3.05, 3.63) is 84.7 Å². The van der Waals surface area contributed by atoms with Gasteiger partial charge in [0.15, 0.2) is 0 Å². The summed E-state index contributed by atoms with van der Waals surface area (Å²) in [5.41, 5.74) is 2.35. The lowest BCUT2D eigenvalue weighted by atomic mass is 10.0. The van der Waals surface area contributed by atoms with Gasteiger partial charge in [-0.25, -0.2) is 4.98 Å². The molecule has 0 saturated carbocycles. The first-order chi connectivity index (χ1) is 12.0. The Morgan fingerprint density at radius 2 is 1.44 bits per heavy atom. The first kappa shape index (κ1) is 15.4. The van der Waals surface area contributed by atoms with Gasteiger partial charge in [0, 0.05) is 11.3 Å². The second kappa shape index (κ2) is 5.77. The highest BCUT2D eigenvalue weighted by Crippen LogP contribution is 2.37. The molecule has 124 valence electrons. The van der Waals surface area contributed by atoms with Crippen LogP contribution in [-0.4, -0.2) is 9.55 Å². The Labute approximate surface area is 142 Å². The molecule has 0 unspecified atom stereocenters. The number of imidazole rings is 1. The van der Waals surface area contributed by atoms with Gasteiger partial charge < -0.3 is 0 Å². The van der Waals surface area contributed by atoms with Crippen molar-refractivity contribution in [1.29, 1.82) is 0 Å². The molecule has 3 aromatic carbocycles. The molecule has 2 nitrogen and oxygen atoms in total. The van der Waals surface area contributed by atoms with Crippen molar-refractivity contribution in [3.63, 3.8) is 0 Å². The lowest BCUT2D eigenvalue weighted by Gasteiger charge is -2.13. The van der Waals surface area contributed by atoms with Crippen LogP contribution in [0.2, 0.25) is 0 Å². The van der Waals surface area contributed by atoms with E-state index >= 15 is 0 Å². The number of alkyl halides is 3. The maximum atomic E-state index is 13.3. The average molecular weight is 338 g/mol. The number of rotatable bonds is 2. The number of benzene rings is 3. The summed E-state index contributed by atoms with van der Waals surface area (Å²) >= 11 is 0. The van der Waals surface area contributed by atoms with Gasteiger partial charge >= 0.3 is 6.18 Å². The van der Waals surface area contributed by atoms with Crippen LogP contribution in [0.25, 0.3) is 27.8 Å². The molecule has 0 N–H and O–H groups in total. The van der Waals surface area contributed by atoms with Crippen LogP contribution in [0.1, 0.15) is 5.56 Å². The summed E-state index contributed by atoms with van der Waals surface area (Å²) in [5.74, 6) is 0. The second-order valence-corrected chi connectivity index (χ2v) is 5.71. The van der Waals surface area contributed by atoms with Crippen molar-refractivity contribution in [2.75, 3.05) is 0 Å². The molecule has 0 spiro atoms. The van der Waals surface area contributed by atoms with Gasteiger partial charge in [0.1, 0.15) is 6.33 Å². The largest absolute Gasteiger partial charge is 0.416 e. The van der Waals surface area contributed by atoms with Crippen LogP contribution in [-0.2, 0) is 6.18 Å². The van der Waals surface area contributed by atoms with E-state index in [2.05, 4.69) is 4.98 Å². The van der Waals surface area contributed by atoms with E-state index in [0.29, 0.717) is 16.6 Å². The lowest BCUT2D eigenvalue weighted by Crippen LogP contribution is -2.05. The van der Waals surface area contributed by atoms with E-state index in [9.17, 15) is 13.2 Å². The minimum absolute atomic E-state index is 0.317. The van der Waals surface area contributed by atoms with Gasteiger partial charge in [-0.2, -0.15) is 13.2 Å². The molecule has 0 bridgehead atoms. The summed E-state index contributed by atoms with van der Waals surface area (Å²) in [5, 5.41) is 0. The summed E-state index contributed by atoms with van der Waals surface area (Å²) in [6.07, 6.45) is -2.86. The van der Waals surface area contributed by atoms with Crippen LogP contribution in [0.4, 0.5) is 13.2 Å². The molecule has 0 saturated heterocycles. The zero-order chi connectivity index (χ0) is 17.4. The molecule has 0 radical (unpaired) electrons. The highest BCUT2D eigenvalue weighted by atomic mass is 19.4. The van der Waals surface area contributed by atoms with Crippen molar-refractivity contribution in [2.24, 2.45) is 0 Å². The van der Waals surface area contributed by atoms with E-state index in [0.717, 1.165) is 17.3 Å². The molecular formula is C20H13F3N2. The van der Waals surface area contributed by atoms with Crippen molar-refractivity contribution < 1.29 is 13.2 Å². The number of aromatic nitrogens is 2. The number of hydrogen-bond acceptors (Lipinski definition) is 1. The predicted octanol–water partition coefficient (Wildman–Crippen LogP) is 5.71. The minimum Gasteiger partial charge on any atom is -0.298 e. The Balaban J connectivity index is 2.06. The van der Waals surface area contributed by atoms with Gasteiger partial charge in [-0.1, -0.05) is 48.5 Å². The van der Waals surface area contributed by atoms with Gasteiger partial charge in [-0.15, -0.1) is 0 Å². The third-order valence-electron chi connectivity index (χ3n) is 4.09. The fourth-order valence-electron chi connectivity index (χ4n) is 2.93. The molecule has 1 heterocycles. The molecule has 0 amide bonds. The first-order valence-corrected chi connectivity index (χ1v) is 7.73. The maximum Gasteiger partial charge on any atom is 0.416 e. The zero-order valence-corrected chi connectivity index (χ0v) is 13.0. The Bertz CT molecular complexity index is 1020.